The first-order valence-electron chi connectivity index (χ1n) is 7.20. The summed E-state index contributed by atoms with van der Waals surface area (Å²) in [6.45, 7) is 0.765. The van der Waals surface area contributed by atoms with Crippen molar-refractivity contribution in [3.63, 3.8) is 0 Å². The van der Waals surface area contributed by atoms with Crippen molar-refractivity contribution in [3.05, 3.63) is 76.5 Å². The Morgan fingerprint density at radius 2 is 1.92 bits per heavy atom. The minimum atomic E-state index is -0.394. The van der Waals surface area contributed by atoms with Crippen LogP contribution in [-0.2, 0) is 6.54 Å². The van der Waals surface area contributed by atoms with E-state index in [0.29, 0.717) is 18.7 Å². The van der Waals surface area contributed by atoms with E-state index in [1.807, 2.05) is 24.3 Å². The predicted octanol–water partition coefficient (Wildman–Crippen LogP) is 3.49. The normalized spacial score (nSPS) is 10.6. The molecule has 1 aromatic heterocycles. The molecule has 0 fully saturated rings. The first kappa shape index (κ1) is 16.3. The third-order valence-corrected chi connectivity index (χ3v) is 4.01. The van der Waals surface area contributed by atoms with Gasteiger partial charge in [-0.15, -0.1) is 10.2 Å². The number of carbonyl (C=O) groups is 1. The van der Waals surface area contributed by atoms with E-state index >= 15 is 0 Å². The van der Waals surface area contributed by atoms with Crippen LogP contribution in [-0.4, -0.2) is 27.2 Å². The minimum Gasteiger partial charge on any atom is -0.491 e. The van der Waals surface area contributed by atoms with Gasteiger partial charge < -0.3 is 9.30 Å². The summed E-state index contributed by atoms with van der Waals surface area (Å²) >= 11 is 3.41. The number of halogens is 2. The maximum Gasteiger partial charge on any atom is 0.230 e. The average molecular weight is 390 g/mol. The van der Waals surface area contributed by atoms with Crippen molar-refractivity contribution in [3.8, 4) is 5.75 Å². The van der Waals surface area contributed by atoms with Gasteiger partial charge in [-0.25, -0.2) is 4.39 Å². The molecule has 2 aromatic carbocycles. The highest BCUT2D eigenvalue weighted by Gasteiger charge is 2.16. The van der Waals surface area contributed by atoms with Crippen LogP contribution in [0.15, 0.2) is 59.3 Å². The number of carbonyl (C=O) groups excluding carboxylic acids is 1. The van der Waals surface area contributed by atoms with Crippen LogP contribution in [0.25, 0.3) is 0 Å². The van der Waals surface area contributed by atoms with Crippen LogP contribution in [0.5, 0.6) is 5.75 Å². The summed E-state index contributed by atoms with van der Waals surface area (Å²) in [5.74, 6) is 0.206. The Labute approximate surface area is 146 Å². The zero-order valence-electron chi connectivity index (χ0n) is 12.5. The van der Waals surface area contributed by atoms with Gasteiger partial charge in [0.1, 0.15) is 24.5 Å². The second-order valence-electron chi connectivity index (χ2n) is 4.96. The molecule has 3 rings (SSSR count). The van der Waals surface area contributed by atoms with E-state index < -0.39 is 5.82 Å². The summed E-state index contributed by atoms with van der Waals surface area (Å²) in [5.41, 5.74) is 0.359. The van der Waals surface area contributed by atoms with Crippen molar-refractivity contribution >= 4 is 21.7 Å². The Balaban J connectivity index is 1.68. The van der Waals surface area contributed by atoms with Gasteiger partial charge in [-0.2, -0.15) is 0 Å². The van der Waals surface area contributed by atoms with Crippen LogP contribution >= 0.6 is 15.9 Å². The van der Waals surface area contributed by atoms with Crippen molar-refractivity contribution in [2.24, 2.45) is 0 Å². The highest BCUT2D eigenvalue weighted by atomic mass is 79.9. The Bertz CT molecular complexity index is 849. The van der Waals surface area contributed by atoms with E-state index in [0.717, 1.165) is 10.2 Å². The van der Waals surface area contributed by atoms with Crippen molar-refractivity contribution in [1.29, 1.82) is 0 Å². The minimum absolute atomic E-state index is 0.192. The number of para-hydroxylation sites is 1. The maximum atomic E-state index is 13.0. The molecule has 0 saturated carbocycles. The Morgan fingerprint density at radius 3 is 2.67 bits per heavy atom. The van der Waals surface area contributed by atoms with Crippen molar-refractivity contribution in [2.45, 2.75) is 6.54 Å². The summed E-state index contributed by atoms with van der Waals surface area (Å²) in [5, 5.41) is 7.65. The van der Waals surface area contributed by atoms with Crippen LogP contribution < -0.4 is 4.74 Å². The Kier molecular flexibility index (Phi) is 5.00. The van der Waals surface area contributed by atoms with Crippen LogP contribution in [0.1, 0.15) is 16.2 Å². The highest BCUT2D eigenvalue weighted by Crippen LogP contribution is 2.23. The Morgan fingerprint density at radius 1 is 1.17 bits per heavy atom. The van der Waals surface area contributed by atoms with E-state index in [2.05, 4.69) is 26.1 Å². The van der Waals surface area contributed by atoms with Gasteiger partial charge in [0.15, 0.2) is 0 Å². The highest BCUT2D eigenvalue weighted by molar-refractivity contribution is 9.10. The van der Waals surface area contributed by atoms with Crippen LogP contribution in [0.4, 0.5) is 4.39 Å². The van der Waals surface area contributed by atoms with E-state index in [-0.39, 0.29) is 11.6 Å². The van der Waals surface area contributed by atoms with Crippen molar-refractivity contribution in [1.82, 2.24) is 14.8 Å². The summed E-state index contributed by atoms with van der Waals surface area (Å²) in [6.07, 6.45) is 1.47. The van der Waals surface area contributed by atoms with Gasteiger partial charge in [0.05, 0.1) is 11.0 Å². The number of nitrogens with zero attached hydrogens (tertiary/aromatic N) is 3. The molecule has 7 heteroatoms. The number of hydrogen-bond acceptors (Lipinski definition) is 4. The molecular weight excluding hydrogens is 377 g/mol. The first-order valence-corrected chi connectivity index (χ1v) is 8.00. The number of ketones is 1. The summed E-state index contributed by atoms with van der Waals surface area (Å²) in [4.78, 5) is 12.4. The SMILES string of the molecule is O=C(c1ccc(F)cc1)c1nncn1CCOc1ccccc1Br. The number of rotatable bonds is 6. The molecule has 0 saturated heterocycles. The molecule has 0 spiro atoms. The maximum absolute atomic E-state index is 13.0. The summed E-state index contributed by atoms with van der Waals surface area (Å²) in [6, 6.07) is 12.8. The fraction of sp³-hybridized carbons (Fsp3) is 0.118. The quantitative estimate of drug-likeness (QED) is 0.605. The molecule has 0 aliphatic heterocycles. The van der Waals surface area contributed by atoms with Gasteiger partial charge in [0, 0.05) is 5.56 Å². The largest absolute Gasteiger partial charge is 0.491 e. The molecule has 3 aromatic rings. The van der Waals surface area contributed by atoms with Crippen LogP contribution in [0.3, 0.4) is 0 Å². The zero-order valence-corrected chi connectivity index (χ0v) is 14.1. The number of hydrogen-bond donors (Lipinski definition) is 0. The van der Waals surface area contributed by atoms with E-state index in [9.17, 15) is 9.18 Å². The standard InChI is InChI=1S/C17H13BrFN3O2/c18-14-3-1-2-4-15(14)24-10-9-22-11-20-21-17(22)16(23)12-5-7-13(19)8-6-12/h1-8,11H,9-10H2. The molecule has 0 radical (unpaired) electrons. The second kappa shape index (κ2) is 7.35. The van der Waals surface area contributed by atoms with Crippen molar-refractivity contribution in [2.75, 3.05) is 6.61 Å². The van der Waals surface area contributed by atoms with Gasteiger partial charge in [0.25, 0.3) is 0 Å². The Hall–Kier alpha value is -2.54. The number of ether oxygens (including phenoxy) is 1. The lowest BCUT2D eigenvalue weighted by molar-refractivity contribution is 0.102. The van der Waals surface area contributed by atoms with Gasteiger partial charge >= 0.3 is 0 Å². The number of aromatic nitrogens is 3. The van der Waals surface area contributed by atoms with Gasteiger partial charge in [-0.1, -0.05) is 12.1 Å². The van der Waals surface area contributed by atoms with E-state index in [4.69, 9.17) is 4.74 Å². The van der Waals surface area contributed by atoms with E-state index in [1.54, 1.807) is 4.57 Å². The molecule has 0 amide bonds. The summed E-state index contributed by atoms with van der Waals surface area (Å²) in [7, 11) is 0. The number of benzene rings is 2. The third kappa shape index (κ3) is 3.68. The van der Waals surface area contributed by atoms with E-state index in [1.165, 1.54) is 30.6 Å². The zero-order chi connectivity index (χ0) is 16.9. The molecule has 1 heterocycles. The lowest BCUT2D eigenvalue weighted by Crippen LogP contribution is -2.15. The molecule has 24 heavy (non-hydrogen) atoms. The van der Waals surface area contributed by atoms with Crippen molar-refractivity contribution < 1.29 is 13.9 Å². The van der Waals surface area contributed by atoms with Gasteiger partial charge in [-0.05, 0) is 52.3 Å². The summed E-state index contributed by atoms with van der Waals surface area (Å²) < 4.78 is 21.1. The molecule has 0 aliphatic rings. The van der Waals surface area contributed by atoms with Gasteiger partial charge in [-0.3, -0.25) is 4.79 Å². The molecule has 5 nitrogen and oxygen atoms in total. The average Bonchev–Trinajstić information content (AvgIpc) is 3.05. The lowest BCUT2D eigenvalue weighted by atomic mass is 10.1. The predicted molar refractivity (Wildman–Crippen MR) is 89.5 cm³/mol. The monoisotopic (exact) mass is 389 g/mol. The fourth-order valence-corrected chi connectivity index (χ4v) is 2.54. The first-order chi connectivity index (χ1) is 11.6. The van der Waals surface area contributed by atoms with Crippen LogP contribution in [0.2, 0.25) is 0 Å². The second-order valence-corrected chi connectivity index (χ2v) is 5.82. The lowest BCUT2D eigenvalue weighted by Gasteiger charge is -2.09. The molecule has 0 bridgehead atoms. The smallest absolute Gasteiger partial charge is 0.230 e. The molecule has 0 aliphatic carbocycles. The molecule has 122 valence electrons. The molecule has 0 unspecified atom stereocenters. The molecule has 0 N–H and O–H groups in total. The third-order valence-electron chi connectivity index (χ3n) is 3.35. The topological polar surface area (TPSA) is 57.0 Å². The molecular formula is C17H13BrFN3O2. The van der Waals surface area contributed by atoms with Crippen LogP contribution in [0, 0.1) is 5.82 Å². The molecule has 0 atom stereocenters. The fourth-order valence-electron chi connectivity index (χ4n) is 2.14. The van der Waals surface area contributed by atoms with Gasteiger partial charge in [0.2, 0.25) is 11.6 Å².